The lowest BCUT2D eigenvalue weighted by Crippen LogP contribution is -2.33. The number of thioether (sulfide) groups is 1. The monoisotopic (exact) mass is 252 g/mol. The predicted octanol–water partition coefficient (Wildman–Crippen LogP) is 2.45. The molecule has 0 aromatic heterocycles. The number of nitrogens with two attached hydrogens (primary N) is 1. The molecule has 0 heterocycles. The molecule has 1 aromatic carbocycles. The fraction of sp³-hybridized carbons (Fsp3) is 0.462. The van der Waals surface area contributed by atoms with E-state index >= 15 is 0 Å². The predicted molar refractivity (Wildman–Crippen MR) is 75.5 cm³/mol. The van der Waals surface area contributed by atoms with Crippen LogP contribution < -0.4 is 11.1 Å². The average Bonchev–Trinajstić information content (AvgIpc) is 2.29. The molecule has 1 amide bonds. The molecule has 3 N–H and O–H groups in total. The Hall–Kier alpha value is -1.16. The van der Waals surface area contributed by atoms with Crippen LogP contribution in [0.15, 0.2) is 18.2 Å². The zero-order valence-corrected chi connectivity index (χ0v) is 11.4. The molecule has 0 saturated heterocycles. The first-order valence-corrected chi connectivity index (χ1v) is 7.10. The number of hydrogen-bond acceptors (Lipinski definition) is 3. The fourth-order valence-corrected chi connectivity index (χ4v) is 2.12. The van der Waals surface area contributed by atoms with Gasteiger partial charge in [-0.05, 0) is 44.4 Å². The van der Waals surface area contributed by atoms with Gasteiger partial charge in [0, 0.05) is 11.7 Å². The fourth-order valence-electron chi connectivity index (χ4n) is 1.54. The molecule has 1 aromatic rings. The molecule has 0 aliphatic rings. The summed E-state index contributed by atoms with van der Waals surface area (Å²) in [6, 6.07) is 5.68. The Morgan fingerprint density at radius 1 is 1.53 bits per heavy atom. The molecule has 1 rings (SSSR count). The van der Waals surface area contributed by atoms with Gasteiger partial charge in [-0.15, -0.1) is 0 Å². The number of aryl methyl sites for hydroxylation is 1. The minimum Gasteiger partial charge on any atom is -0.398 e. The number of rotatable bonds is 5. The SMILES string of the molecule is CSCCC(C)NC(=O)c1cc(C)ccc1N. The molecule has 3 nitrogen and oxygen atoms in total. The van der Waals surface area contributed by atoms with Crippen molar-refractivity contribution in [2.24, 2.45) is 0 Å². The summed E-state index contributed by atoms with van der Waals surface area (Å²) >= 11 is 1.78. The normalized spacial score (nSPS) is 12.2. The van der Waals surface area contributed by atoms with Gasteiger partial charge in [0.2, 0.25) is 0 Å². The minimum absolute atomic E-state index is 0.0835. The van der Waals surface area contributed by atoms with Crippen molar-refractivity contribution in [2.45, 2.75) is 26.3 Å². The van der Waals surface area contributed by atoms with E-state index in [0.717, 1.165) is 17.7 Å². The Morgan fingerprint density at radius 3 is 2.88 bits per heavy atom. The highest BCUT2D eigenvalue weighted by Gasteiger charge is 2.12. The summed E-state index contributed by atoms with van der Waals surface area (Å²) in [5, 5.41) is 2.97. The maximum absolute atomic E-state index is 12.0. The summed E-state index contributed by atoms with van der Waals surface area (Å²) in [7, 11) is 0. The maximum Gasteiger partial charge on any atom is 0.253 e. The first-order valence-electron chi connectivity index (χ1n) is 5.70. The molecule has 94 valence electrons. The molecular weight excluding hydrogens is 232 g/mol. The summed E-state index contributed by atoms with van der Waals surface area (Å²) in [5.74, 6) is 0.963. The van der Waals surface area contributed by atoms with Crippen LogP contribution in [0.5, 0.6) is 0 Å². The second-order valence-corrected chi connectivity index (χ2v) is 5.23. The Balaban J connectivity index is 2.66. The van der Waals surface area contributed by atoms with E-state index in [1.165, 1.54) is 0 Å². The maximum atomic E-state index is 12.0. The van der Waals surface area contributed by atoms with Crippen molar-refractivity contribution >= 4 is 23.4 Å². The molecule has 1 atom stereocenters. The van der Waals surface area contributed by atoms with Crippen molar-refractivity contribution in [1.29, 1.82) is 0 Å². The van der Waals surface area contributed by atoms with Crippen LogP contribution in [0.1, 0.15) is 29.3 Å². The highest BCUT2D eigenvalue weighted by Crippen LogP contribution is 2.14. The van der Waals surface area contributed by atoms with Gasteiger partial charge in [0.05, 0.1) is 5.56 Å². The van der Waals surface area contributed by atoms with Crippen molar-refractivity contribution in [3.8, 4) is 0 Å². The topological polar surface area (TPSA) is 55.1 Å². The molecule has 4 heteroatoms. The molecule has 0 spiro atoms. The van der Waals surface area contributed by atoms with E-state index in [9.17, 15) is 4.79 Å². The Kier molecular flexibility index (Phi) is 5.35. The number of anilines is 1. The Morgan fingerprint density at radius 2 is 2.24 bits per heavy atom. The Labute approximate surface area is 107 Å². The molecular formula is C13H20N2OS. The summed E-state index contributed by atoms with van der Waals surface area (Å²) in [5.41, 5.74) is 7.95. The van der Waals surface area contributed by atoms with Gasteiger partial charge in [0.1, 0.15) is 0 Å². The zero-order valence-electron chi connectivity index (χ0n) is 10.6. The third-order valence-corrected chi connectivity index (χ3v) is 3.23. The summed E-state index contributed by atoms with van der Waals surface area (Å²) in [6.07, 6.45) is 3.03. The third-order valence-electron chi connectivity index (χ3n) is 2.59. The first kappa shape index (κ1) is 13.9. The van der Waals surface area contributed by atoms with Crippen LogP contribution in [-0.2, 0) is 0 Å². The number of benzene rings is 1. The quantitative estimate of drug-likeness (QED) is 0.791. The van der Waals surface area contributed by atoms with Crippen molar-refractivity contribution in [2.75, 3.05) is 17.7 Å². The van der Waals surface area contributed by atoms with E-state index in [2.05, 4.69) is 11.6 Å². The van der Waals surface area contributed by atoms with Crippen molar-refractivity contribution in [1.82, 2.24) is 5.32 Å². The number of nitrogen functional groups attached to an aromatic ring is 1. The molecule has 0 bridgehead atoms. The number of hydrogen-bond donors (Lipinski definition) is 2. The van der Waals surface area contributed by atoms with E-state index in [-0.39, 0.29) is 11.9 Å². The average molecular weight is 252 g/mol. The molecule has 17 heavy (non-hydrogen) atoms. The van der Waals surface area contributed by atoms with Crippen LogP contribution in [0.25, 0.3) is 0 Å². The first-order chi connectivity index (χ1) is 8.04. The van der Waals surface area contributed by atoms with Crippen LogP contribution in [0.2, 0.25) is 0 Å². The van der Waals surface area contributed by atoms with Crippen molar-refractivity contribution < 1.29 is 4.79 Å². The van der Waals surface area contributed by atoms with Gasteiger partial charge in [-0.3, -0.25) is 4.79 Å². The van der Waals surface area contributed by atoms with Gasteiger partial charge in [-0.2, -0.15) is 11.8 Å². The smallest absolute Gasteiger partial charge is 0.253 e. The van der Waals surface area contributed by atoms with Crippen molar-refractivity contribution in [3.63, 3.8) is 0 Å². The number of nitrogens with one attached hydrogen (secondary N) is 1. The van der Waals surface area contributed by atoms with E-state index in [4.69, 9.17) is 5.73 Å². The zero-order chi connectivity index (χ0) is 12.8. The second-order valence-electron chi connectivity index (χ2n) is 4.25. The highest BCUT2D eigenvalue weighted by atomic mass is 32.2. The summed E-state index contributed by atoms with van der Waals surface area (Å²) < 4.78 is 0. The van der Waals surface area contributed by atoms with Crippen LogP contribution >= 0.6 is 11.8 Å². The lowest BCUT2D eigenvalue weighted by Gasteiger charge is -2.14. The highest BCUT2D eigenvalue weighted by molar-refractivity contribution is 7.98. The van der Waals surface area contributed by atoms with Gasteiger partial charge in [0.25, 0.3) is 5.91 Å². The lowest BCUT2D eigenvalue weighted by atomic mass is 10.1. The molecule has 0 aliphatic carbocycles. The summed E-state index contributed by atoms with van der Waals surface area (Å²) in [6.45, 7) is 3.97. The van der Waals surface area contributed by atoms with E-state index in [0.29, 0.717) is 11.3 Å². The molecule has 0 fully saturated rings. The van der Waals surface area contributed by atoms with E-state index in [1.807, 2.05) is 26.0 Å². The van der Waals surface area contributed by atoms with Crippen molar-refractivity contribution in [3.05, 3.63) is 29.3 Å². The molecule has 0 radical (unpaired) electrons. The van der Waals surface area contributed by atoms with Crippen LogP contribution in [0, 0.1) is 6.92 Å². The third kappa shape index (κ3) is 4.30. The van der Waals surface area contributed by atoms with E-state index in [1.54, 1.807) is 17.8 Å². The largest absolute Gasteiger partial charge is 0.398 e. The number of amides is 1. The number of carbonyl (C=O) groups excluding carboxylic acids is 1. The van der Waals surface area contributed by atoms with Gasteiger partial charge in [-0.1, -0.05) is 11.6 Å². The standard InChI is InChI=1S/C13H20N2OS/c1-9-4-5-12(14)11(8-9)13(16)15-10(2)6-7-17-3/h4-5,8,10H,6-7,14H2,1-3H3,(H,15,16). The van der Waals surface area contributed by atoms with Crippen LogP contribution in [-0.4, -0.2) is 24.0 Å². The van der Waals surface area contributed by atoms with Gasteiger partial charge in [-0.25, -0.2) is 0 Å². The van der Waals surface area contributed by atoms with Crippen LogP contribution in [0.4, 0.5) is 5.69 Å². The molecule has 1 unspecified atom stereocenters. The minimum atomic E-state index is -0.0835. The number of carbonyl (C=O) groups is 1. The van der Waals surface area contributed by atoms with Gasteiger partial charge in [0.15, 0.2) is 0 Å². The lowest BCUT2D eigenvalue weighted by molar-refractivity contribution is 0.0940. The molecule has 0 aliphatic heterocycles. The summed E-state index contributed by atoms with van der Waals surface area (Å²) in [4.78, 5) is 12.0. The second kappa shape index (κ2) is 6.55. The van der Waals surface area contributed by atoms with Crippen LogP contribution in [0.3, 0.4) is 0 Å². The molecule has 0 saturated carbocycles. The Bertz CT molecular complexity index is 393. The van der Waals surface area contributed by atoms with E-state index < -0.39 is 0 Å². The van der Waals surface area contributed by atoms with Gasteiger partial charge >= 0.3 is 0 Å². The van der Waals surface area contributed by atoms with Gasteiger partial charge < -0.3 is 11.1 Å².